The van der Waals surface area contributed by atoms with E-state index in [0.29, 0.717) is 6.54 Å². The Morgan fingerprint density at radius 3 is 2.67 bits per heavy atom. The molecule has 0 saturated carbocycles. The molecule has 0 aliphatic rings. The van der Waals surface area contributed by atoms with E-state index in [2.05, 4.69) is 11.2 Å². The second-order valence-corrected chi connectivity index (χ2v) is 5.73. The van der Waals surface area contributed by atoms with Gasteiger partial charge in [-0.05, 0) is 32.4 Å². The zero-order valence-corrected chi connectivity index (χ0v) is 11.5. The number of carboxylic acids is 1. The Morgan fingerprint density at radius 2 is 2.17 bits per heavy atom. The van der Waals surface area contributed by atoms with Gasteiger partial charge in [0, 0.05) is 21.9 Å². The average Bonchev–Trinajstić information content (AvgIpc) is 2.83. The molecule has 0 amide bonds. The zero-order valence-electron chi connectivity index (χ0n) is 10.7. The van der Waals surface area contributed by atoms with Crippen molar-refractivity contribution >= 4 is 17.3 Å². The maximum atomic E-state index is 11.2. The van der Waals surface area contributed by atoms with Crippen LogP contribution in [0.3, 0.4) is 0 Å². The van der Waals surface area contributed by atoms with Crippen LogP contribution in [0.25, 0.3) is 11.3 Å². The molecule has 0 saturated heterocycles. The summed E-state index contributed by atoms with van der Waals surface area (Å²) >= 11 is 1.70. The Kier molecular flexibility index (Phi) is 3.52. The molecule has 0 aromatic carbocycles. The molecule has 0 aliphatic heterocycles. The maximum absolute atomic E-state index is 11.2. The molecule has 0 bridgehead atoms. The minimum Gasteiger partial charge on any atom is -0.477 e. The lowest BCUT2D eigenvalue weighted by Gasteiger charge is -2.00. The summed E-state index contributed by atoms with van der Waals surface area (Å²) in [5.41, 5.74) is 2.05. The third-order valence-electron chi connectivity index (χ3n) is 2.75. The number of aromatic nitrogens is 2. The number of nitrogens with zero attached hydrogens (tertiary/aromatic N) is 2. The van der Waals surface area contributed by atoms with E-state index >= 15 is 0 Å². The summed E-state index contributed by atoms with van der Waals surface area (Å²) in [5.74, 6) is -0.924. The summed E-state index contributed by atoms with van der Waals surface area (Å²) < 4.78 is 1.57. The molecule has 0 unspecified atom stereocenters. The van der Waals surface area contributed by atoms with Crippen LogP contribution in [-0.4, -0.2) is 20.9 Å². The van der Waals surface area contributed by atoms with Crippen LogP contribution >= 0.6 is 11.3 Å². The quantitative estimate of drug-likeness (QED) is 0.921. The second-order valence-electron chi connectivity index (χ2n) is 4.27. The third-order valence-corrected chi connectivity index (χ3v) is 3.72. The number of carboxylic acid groups (broad SMARTS) is 1. The molecular weight excluding hydrogens is 248 g/mol. The van der Waals surface area contributed by atoms with Crippen LogP contribution in [0.5, 0.6) is 0 Å². The number of aromatic carboxylic acids is 1. The molecule has 0 atom stereocenters. The van der Waals surface area contributed by atoms with Crippen molar-refractivity contribution in [3.05, 3.63) is 27.6 Å². The molecule has 96 valence electrons. The van der Waals surface area contributed by atoms with Crippen LogP contribution in [0.2, 0.25) is 0 Å². The summed E-state index contributed by atoms with van der Waals surface area (Å²) in [6.07, 6.45) is 0.864. The number of hydrogen-bond donors (Lipinski definition) is 1. The number of thiophene rings is 1. The predicted octanol–water partition coefficient (Wildman–Crippen LogP) is 3.34. The molecule has 5 heteroatoms. The molecule has 0 fully saturated rings. The highest BCUT2D eigenvalue weighted by atomic mass is 32.1. The normalized spacial score (nSPS) is 10.8. The molecule has 0 radical (unpaired) electrons. The third kappa shape index (κ3) is 2.31. The van der Waals surface area contributed by atoms with Crippen molar-refractivity contribution in [2.45, 2.75) is 33.7 Å². The van der Waals surface area contributed by atoms with Crippen LogP contribution < -0.4 is 0 Å². The van der Waals surface area contributed by atoms with Gasteiger partial charge in [0.1, 0.15) is 5.69 Å². The smallest absolute Gasteiger partial charge is 0.354 e. The monoisotopic (exact) mass is 264 g/mol. The van der Waals surface area contributed by atoms with E-state index in [1.165, 1.54) is 9.75 Å². The first-order chi connectivity index (χ1) is 8.52. The fourth-order valence-corrected chi connectivity index (χ4v) is 2.92. The molecule has 0 spiro atoms. The molecule has 2 heterocycles. The van der Waals surface area contributed by atoms with Gasteiger partial charge < -0.3 is 5.11 Å². The van der Waals surface area contributed by atoms with E-state index in [4.69, 9.17) is 5.11 Å². The number of carbonyl (C=O) groups is 1. The maximum Gasteiger partial charge on any atom is 0.354 e. The Labute approximate surface area is 110 Å². The van der Waals surface area contributed by atoms with Gasteiger partial charge >= 0.3 is 5.97 Å². The van der Waals surface area contributed by atoms with Gasteiger partial charge in [0.25, 0.3) is 0 Å². The number of rotatable bonds is 4. The first kappa shape index (κ1) is 12.8. The predicted molar refractivity (Wildman–Crippen MR) is 72.3 cm³/mol. The van der Waals surface area contributed by atoms with Gasteiger partial charge in [0.05, 0.1) is 5.69 Å². The van der Waals surface area contributed by atoms with Gasteiger partial charge in [-0.15, -0.1) is 11.3 Å². The van der Waals surface area contributed by atoms with Crippen molar-refractivity contribution < 1.29 is 9.90 Å². The van der Waals surface area contributed by atoms with E-state index in [0.717, 1.165) is 17.7 Å². The molecule has 2 aromatic rings. The Bertz CT molecular complexity index is 584. The van der Waals surface area contributed by atoms with Crippen molar-refractivity contribution in [3.63, 3.8) is 0 Å². The van der Waals surface area contributed by atoms with E-state index in [-0.39, 0.29) is 5.69 Å². The lowest BCUT2D eigenvalue weighted by atomic mass is 10.2. The van der Waals surface area contributed by atoms with E-state index < -0.39 is 5.97 Å². The van der Waals surface area contributed by atoms with Gasteiger partial charge in [-0.3, -0.25) is 4.68 Å². The van der Waals surface area contributed by atoms with E-state index in [1.54, 1.807) is 22.1 Å². The minimum absolute atomic E-state index is 0.259. The van der Waals surface area contributed by atoms with Crippen molar-refractivity contribution in [1.82, 2.24) is 9.78 Å². The van der Waals surface area contributed by atoms with Crippen LogP contribution in [0.1, 0.15) is 33.6 Å². The molecule has 4 nitrogen and oxygen atoms in total. The Morgan fingerprint density at radius 1 is 1.44 bits per heavy atom. The highest BCUT2D eigenvalue weighted by Crippen LogP contribution is 2.30. The Hall–Kier alpha value is -1.62. The first-order valence-corrected chi connectivity index (χ1v) is 6.73. The van der Waals surface area contributed by atoms with Crippen LogP contribution in [0, 0.1) is 13.8 Å². The van der Waals surface area contributed by atoms with Crippen molar-refractivity contribution in [3.8, 4) is 11.3 Å². The van der Waals surface area contributed by atoms with E-state index in [9.17, 15) is 4.79 Å². The standard InChI is InChI=1S/C13H16N2O2S/c1-4-5-15-12(13(16)17)7-11(14-15)10-6-8(2)18-9(10)3/h6-7H,4-5H2,1-3H3,(H,16,17). The molecule has 2 aromatic heterocycles. The van der Waals surface area contributed by atoms with Gasteiger partial charge in [-0.25, -0.2) is 4.79 Å². The van der Waals surface area contributed by atoms with Crippen LogP contribution in [0.4, 0.5) is 0 Å². The largest absolute Gasteiger partial charge is 0.477 e. The number of hydrogen-bond acceptors (Lipinski definition) is 3. The van der Waals surface area contributed by atoms with Gasteiger partial charge in [-0.1, -0.05) is 6.92 Å². The number of aryl methyl sites for hydroxylation is 3. The Balaban J connectivity index is 2.49. The molecule has 1 N–H and O–H groups in total. The van der Waals surface area contributed by atoms with Crippen LogP contribution in [0.15, 0.2) is 12.1 Å². The molecule has 18 heavy (non-hydrogen) atoms. The summed E-state index contributed by atoms with van der Waals surface area (Å²) in [7, 11) is 0. The SMILES string of the molecule is CCCn1nc(-c2cc(C)sc2C)cc1C(=O)O. The summed E-state index contributed by atoms with van der Waals surface area (Å²) in [6.45, 7) is 6.71. The van der Waals surface area contributed by atoms with Gasteiger partial charge in [0.2, 0.25) is 0 Å². The minimum atomic E-state index is -0.924. The fourth-order valence-electron chi connectivity index (χ4n) is 1.99. The lowest BCUT2D eigenvalue weighted by molar-refractivity contribution is 0.0683. The highest BCUT2D eigenvalue weighted by Gasteiger charge is 2.16. The lowest BCUT2D eigenvalue weighted by Crippen LogP contribution is -2.09. The van der Waals surface area contributed by atoms with Crippen molar-refractivity contribution in [2.75, 3.05) is 0 Å². The van der Waals surface area contributed by atoms with Crippen LogP contribution in [-0.2, 0) is 6.54 Å². The fraction of sp³-hybridized carbons (Fsp3) is 0.385. The van der Waals surface area contributed by atoms with Crippen molar-refractivity contribution in [2.24, 2.45) is 0 Å². The average molecular weight is 264 g/mol. The highest BCUT2D eigenvalue weighted by molar-refractivity contribution is 7.12. The summed E-state index contributed by atoms with van der Waals surface area (Å²) in [6, 6.07) is 3.72. The molecular formula is C13H16N2O2S. The first-order valence-electron chi connectivity index (χ1n) is 5.91. The zero-order chi connectivity index (χ0) is 13.3. The molecule has 0 aliphatic carbocycles. The summed E-state index contributed by atoms with van der Waals surface area (Å²) in [5, 5.41) is 13.6. The van der Waals surface area contributed by atoms with Gasteiger partial charge in [0.15, 0.2) is 0 Å². The van der Waals surface area contributed by atoms with Gasteiger partial charge in [-0.2, -0.15) is 5.10 Å². The topological polar surface area (TPSA) is 55.1 Å². The van der Waals surface area contributed by atoms with Crippen molar-refractivity contribution in [1.29, 1.82) is 0 Å². The molecule has 2 rings (SSSR count). The van der Waals surface area contributed by atoms with E-state index in [1.807, 2.05) is 20.8 Å². The second kappa shape index (κ2) is 4.94. The summed E-state index contributed by atoms with van der Waals surface area (Å²) in [4.78, 5) is 13.6.